The SMILES string of the molecule is O=C1N(/C=C/Cc2ccccc2)C(=O)C2(CCN(Cc3cccc4ccccc34)CC2)N1CCO. The molecule has 2 aliphatic heterocycles. The van der Waals surface area contributed by atoms with Crippen molar-refractivity contribution in [2.75, 3.05) is 26.2 Å². The van der Waals surface area contributed by atoms with Gasteiger partial charge < -0.3 is 10.0 Å². The van der Waals surface area contributed by atoms with E-state index in [-0.39, 0.29) is 25.1 Å². The van der Waals surface area contributed by atoms with Gasteiger partial charge in [-0.05, 0) is 41.2 Å². The number of nitrogens with zero attached hydrogens (tertiary/aromatic N) is 3. The van der Waals surface area contributed by atoms with E-state index in [2.05, 4.69) is 47.4 Å². The highest BCUT2D eigenvalue weighted by Gasteiger charge is 2.57. The van der Waals surface area contributed by atoms with E-state index in [1.807, 2.05) is 36.4 Å². The third-order valence-corrected chi connectivity index (χ3v) is 7.30. The summed E-state index contributed by atoms with van der Waals surface area (Å²) in [5.74, 6) is -0.176. The van der Waals surface area contributed by atoms with Crippen LogP contribution in [0.4, 0.5) is 4.79 Å². The maximum absolute atomic E-state index is 13.6. The van der Waals surface area contributed by atoms with Crippen LogP contribution in [0.2, 0.25) is 0 Å². The molecule has 0 saturated carbocycles. The third-order valence-electron chi connectivity index (χ3n) is 7.30. The first-order valence-corrected chi connectivity index (χ1v) is 12.3. The van der Waals surface area contributed by atoms with Crippen molar-refractivity contribution in [3.63, 3.8) is 0 Å². The number of hydrogen-bond donors (Lipinski definition) is 1. The Morgan fingerprint density at radius 3 is 2.37 bits per heavy atom. The molecule has 2 fully saturated rings. The lowest BCUT2D eigenvalue weighted by Gasteiger charge is -2.42. The van der Waals surface area contributed by atoms with Crippen molar-refractivity contribution in [1.29, 1.82) is 0 Å². The fraction of sp³-hybridized carbons (Fsp3) is 0.310. The second-order valence-corrected chi connectivity index (χ2v) is 9.35. The first kappa shape index (κ1) is 23.3. The third kappa shape index (κ3) is 4.47. The zero-order valence-corrected chi connectivity index (χ0v) is 19.8. The number of benzene rings is 3. The highest BCUT2D eigenvalue weighted by molar-refractivity contribution is 6.08. The molecule has 2 heterocycles. The molecule has 1 N–H and O–H groups in total. The molecule has 3 aromatic carbocycles. The van der Waals surface area contributed by atoms with E-state index in [1.54, 1.807) is 11.1 Å². The topological polar surface area (TPSA) is 64.1 Å². The van der Waals surface area contributed by atoms with Crippen LogP contribution >= 0.6 is 0 Å². The number of likely N-dealkylation sites (tertiary alicyclic amines) is 1. The van der Waals surface area contributed by atoms with Crippen molar-refractivity contribution in [3.8, 4) is 0 Å². The molecule has 35 heavy (non-hydrogen) atoms. The Bertz CT molecular complexity index is 1230. The molecular formula is C29H31N3O3. The molecule has 6 nitrogen and oxygen atoms in total. The molecule has 0 atom stereocenters. The molecule has 2 aliphatic rings. The number of carbonyl (C=O) groups excluding carboxylic acids is 2. The zero-order valence-electron chi connectivity index (χ0n) is 19.8. The fourth-order valence-electron chi connectivity index (χ4n) is 5.43. The van der Waals surface area contributed by atoms with Crippen molar-refractivity contribution in [2.24, 2.45) is 0 Å². The summed E-state index contributed by atoms with van der Waals surface area (Å²) in [6.07, 6.45) is 5.23. The Kier molecular flexibility index (Phi) is 6.66. The van der Waals surface area contributed by atoms with Gasteiger partial charge in [-0.1, -0.05) is 78.9 Å². The number of urea groups is 1. The van der Waals surface area contributed by atoms with Gasteiger partial charge in [0.15, 0.2) is 0 Å². The van der Waals surface area contributed by atoms with Gasteiger partial charge in [0, 0.05) is 32.4 Å². The summed E-state index contributed by atoms with van der Waals surface area (Å²) in [4.78, 5) is 32.0. The van der Waals surface area contributed by atoms with Crippen molar-refractivity contribution >= 4 is 22.7 Å². The fourth-order valence-corrected chi connectivity index (χ4v) is 5.43. The molecule has 6 heteroatoms. The quantitative estimate of drug-likeness (QED) is 0.527. The van der Waals surface area contributed by atoms with Gasteiger partial charge in [0.2, 0.25) is 0 Å². The summed E-state index contributed by atoms with van der Waals surface area (Å²) >= 11 is 0. The van der Waals surface area contributed by atoms with Crippen LogP contribution in [0.5, 0.6) is 0 Å². The number of allylic oxidation sites excluding steroid dienone is 1. The molecule has 0 aliphatic carbocycles. The number of carbonyl (C=O) groups is 2. The van der Waals surface area contributed by atoms with Crippen LogP contribution in [0.1, 0.15) is 24.0 Å². The van der Waals surface area contributed by atoms with Gasteiger partial charge in [-0.2, -0.15) is 0 Å². The first-order chi connectivity index (χ1) is 17.1. The van der Waals surface area contributed by atoms with E-state index in [0.29, 0.717) is 32.4 Å². The van der Waals surface area contributed by atoms with E-state index in [9.17, 15) is 14.7 Å². The van der Waals surface area contributed by atoms with Crippen LogP contribution in [0.25, 0.3) is 10.8 Å². The van der Waals surface area contributed by atoms with Gasteiger partial charge in [-0.25, -0.2) is 9.69 Å². The van der Waals surface area contributed by atoms with Crippen molar-refractivity contribution in [1.82, 2.24) is 14.7 Å². The van der Waals surface area contributed by atoms with Gasteiger partial charge >= 0.3 is 6.03 Å². The van der Waals surface area contributed by atoms with Crippen LogP contribution < -0.4 is 0 Å². The Morgan fingerprint density at radius 2 is 1.60 bits per heavy atom. The van der Waals surface area contributed by atoms with Gasteiger partial charge in [-0.3, -0.25) is 9.69 Å². The number of rotatable bonds is 7. The lowest BCUT2D eigenvalue weighted by molar-refractivity contribution is -0.134. The molecule has 0 unspecified atom stereocenters. The van der Waals surface area contributed by atoms with Crippen LogP contribution in [0.15, 0.2) is 85.1 Å². The minimum absolute atomic E-state index is 0.164. The number of fused-ring (bicyclic) bond motifs is 1. The average molecular weight is 470 g/mol. The number of aliphatic hydroxyl groups excluding tert-OH is 1. The molecule has 1 spiro atoms. The summed E-state index contributed by atoms with van der Waals surface area (Å²) in [6.45, 7) is 2.23. The largest absolute Gasteiger partial charge is 0.395 e. The number of β-amino-alcohol motifs (C(OH)–C–C–N with tert-alkyl or cyclic N) is 1. The summed E-state index contributed by atoms with van der Waals surface area (Å²) in [6, 6.07) is 24.4. The normalized spacial score (nSPS) is 18.4. The lowest BCUT2D eigenvalue weighted by Crippen LogP contribution is -2.56. The summed E-state index contributed by atoms with van der Waals surface area (Å²) in [5.41, 5.74) is 1.50. The van der Waals surface area contributed by atoms with Gasteiger partial charge in [0.1, 0.15) is 5.54 Å². The number of hydrogen-bond acceptors (Lipinski definition) is 4. The molecule has 5 rings (SSSR count). The lowest BCUT2D eigenvalue weighted by atomic mass is 9.85. The number of aliphatic hydroxyl groups is 1. The molecular weight excluding hydrogens is 438 g/mol. The molecule has 0 aromatic heterocycles. The van der Waals surface area contributed by atoms with Crippen molar-refractivity contribution in [2.45, 2.75) is 31.3 Å². The molecule has 180 valence electrons. The molecule has 2 saturated heterocycles. The van der Waals surface area contributed by atoms with Gasteiger partial charge in [-0.15, -0.1) is 0 Å². The summed E-state index contributed by atoms with van der Waals surface area (Å²) in [7, 11) is 0. The van der Waals surface area contributed by atoms with Crippen molar-refractivity contribution in [3.05, 3.63) is 96.2 Å². The van der Waals surface area contributed by atoms with E-state index in [4.69, 9.17) is 0 Å². The van der Waals surface area contributed by atoms with E-state index in [1.165, 1.54) is 21.2 Å². The standard InChI is InChI=1S/C29H31N3O3/c33-21-20-32-28(35)31(17-7-10-23-8-2-1-3-9-23)27(34)29(32)15-18-30(19-16-29)22-25-13-6-12-24-11-4-5-14-26(24)25/h1-9,11-14,17,33H,10,15-16,18-22H2/b17-7+. The predicted octanol–water partition coefficient (Wildman–Crippen LogP) is 4.19. The van der Waals surface area contributed by atoms with E-state index >= 15 is 0 Å². The molecule has 3 aromatic rings. The Hall–Kier alpha value is -3.48. The number of amides is 3. The first-order valence-electron chi connectivity index (χ1n) is 12.3. The molecule has 0 bridgehead atoms. The second-order valence-electron chi connectivity index (χ2n) is 9.35. The molecule has 0 radical (unpaired) electrons. The maximum atomic E-state index is 13.6. The number of imide groups is 1. The summed E-state index contributed by atoms with van der Waals surface area (Å²) in [5, 5.41) is 12.1. The summed E-state index contributed by atoms with van der Waals surface area (Å²) < 4.78 is 0. The second kappa shape index (κ2) is 10.0. The Balaban J connectivity index is 1.30. The van der Waals surface area contributed by atoms with Crippen LogP contribution in [0, 0.1) is 0 Å². The minimum atomic E-state index is -0.883. The minimum Gasteiger partial charge on any atom is -0.395 e. The zero-order chi connectivity index (χ0) is 24.3. The smallest absolute Gasteiger partial charge is 0.331 e. The van der Waals surface area contributed by atoms with Crippen molar-refractivity contribution < 1.29 is 14.7 Å². The Morgan fingerprint density at radius 1 is 0.886 bits per heavy atom. The van der Waals surface area contributed by atoms with Crippen LogP contribution in [-0.4, -0.2) is 63.5 Å². The van der Waals surface area contributed by atoms with Crippen LogP contribution in [0.3, 0.4) is 0 Å². The van der Waals surface area contributed by atoms with Gasteiger partial charge in [0.05, 0.1) is 6.61 Å². The number of piperidine rings is 1. The maximum Gasteiger partial charge on any atom is 0.331 e. The average Bonchev–Trinajstić information content (AvgIpc) is 3.08. The molecule has 3 amide bonds. The highest BCUT2D eigenvalue weighted by atomic mass is 16.3. The highest BCUT2D eigenvalue weighted by Crippen LogP contribution is 2.38. The van der Waals surface area contributed by atoms with Crippen LogP contribution in [-0.2, 0) is 17.8 Å². The predicted molar refractivity (Wildman–Crippen MR) is 137 cm³/mol. The van der Waals surface area contributed by atoms with Gasteiger partial charge in [0.25, 0.3) is 5.91 Å². The van der Waals surface area contributed by atoms with E-state index < -0.39 is 5.54 Å². The van der Waals surface area contributed by atoms with E-state index in [0.717, 1.165) is 12.1 Å². The Labute approximate surface area is 206 Å². The monoisotopic (exact) mass is 469 g/mol.